The summed E-state index contributed by atoms with van der Waals surface area (Å²) in [7, 11) is 0. The Morgan fingerprint density at radius 1 is 1.36 bits per heavy atom. The topological polar surface area (TPSA) is 57.6 Å². The van der Waals surface area contributed by atoms with Crippen LogP contribution in [0.5, 0.6) is 0 Å². The minimum Gasteiger partial charge on any atom is -0.480 e. The van der Waals surface area contributed by atoms with E-state index in [9.17, 15) is 14.7 Å². The third-order valence-electron chi connectivity index (χ3n) is 5.77. The summed E-state index contributed by atoms with van der Waals surface area (Å²) in [4.78, 5) is 27.5. The van der Waals surface area contributed by atoms with E-state index < -0.39 is 12.0 Å². The number of carbonyl (C=O) groups excluding carboxylic acids is 1. The highest BCUT2D eigenvalue weighted by molar-refractivity contribution is 7.10. The fraction of sp³-hybridized carbons (Fsp3) is 0.647. The van der Waals surface area contributed by atoms with Crippen LogP contribution >= 0.6 is 11.3 Å². The van der Waals surface area contributed by atoms with Crippen molar-refractivity contribution < 1.29 is 14.7 Å². The van der Waals surface area contributed by atoms with E-state index in [0.717, 1.165) is 25.7 Å². The highest BCUT2D eigenvalue weighted by Crippen LogP contribution is 2.53. The number of carboxylic acids is 1. The van der Waals surface area contributed by atoms with Gasteiger partial charge in [0.25, 0.3) is 0 Å². The lowest BCUT2D eigenvalue weighted by atomic mass is 9.94. The number of fused-ring (bicyclic) bond motifs is 1. The summed E-state index contributed by atoms with van der Waals surface area (Å²) in [5, 5.41) is 11.7. The molecule has 5 heteroatoms. The van der Waals surface area contributed by atoms with Crippen molar-refractivity contribution in [2.75, 3.05) is 6.54 Å². The van der Waals surface area contributed by atoms with Gasteiger partial charge in [0.1, 0.15) is 6.04 Å². The molecule has 3 fully saturated rings. The zero-order chi connectivity index (χ0) is 15.4. The molecule has 1 aliphatic heterocycles. The van der Waals surface area contributed by atoms with Crippen molar-refractivity contribution in [2.45, 2.75) is 44.6 Å². The molecule has 4 nitrogen and oxygen atoms in total. The van der Waals surface area contributed by atoms with Crippen LogP contribution in [0.1, 0.15) is 42.0 Å². The first kappa shape index (κ1) is 14.2. The van der Waals surface area contributed by atoms with E-state index in [1.807, 2.05) is 0 Å². The maximum absolute atomic E-state index is 12.8. The highest BCUT2D eigenvalue weighted by Gasteiger charge is 2.54. The van der Waals surface area contributed by atoms with Crippen LogP contribution in [0.25, 0.3) is 0 Å². The third-order valence-corrected chi connectivity index (χ3v) is 6.92. The number of hydrogen-bond acceptors (Lipinski definition) is 3. The van der Waals surface area contributed by atoms with Crippen molar-refractivity contribution in [3.05, 3.63) is 21.9 Å². The Kier molecular flexibility index (Phi) is 3.29. The molecular weight excluding hydrogens is 298 g/mol. The second-order valence-electron chi connectivity index (χ2n) is 7.05. The number of hydrogen-bond donors (Lipinski definition) is 1. The van der Waals surface area contributed by atoms with Gasteiger partial charge in [0, 0.05) is 23.3 Å². The lowest BCUT2D eigenvalue weighted by molar-refractivity contribution is -0.150. The highest BCUT2D eigenvalue weighted by atomic mass is 32.1. The number of likely N-dealkylation sites (tertiary alicyclic amines) is 1. The van der Waals surface area contributed by atoms with Gasteiger partial charge in [-0.2, -0.15) is 0 Å². The predicted molar refractivity (Wildman–Crippen MR) is 83.9 cm³/mol. The molecule has 0 bridgehead atoms. The first-order chi connectivity index (χ1) is 10.6. The second kappa shape index (κ2) is 5.08. The van der Waals surface area contributed by atoms with Gasteiger partial charge in [0.15, 0.2) is 0 Å². The Hall–Kier alpha value is -1.36. The first-order valence-electron chi connectivity index (χ1n) is 8.15. The normalized spacial score (nSPS) is 36.4. The van der Waals surface area contributed by atoms with Crippen molar-refractivity contribution in [3.8, 4) is 0 Å². The predicted octanol–water partition coefficient (Wildman–Crippen LogP) is 2.87. The average molecular weight is 319 g/mol. The maximum Gasteiger partial charge on any atom is 0.326 e. The number of carbonyl (C=O) groups is 2. The van der Waals surface area contributed by atoms with Crippen LogP contribution < -0.4 is 0 Å². The number of carboxylic acid groups (broad SMARTS) is 1. The monoisotopic (exact) mass is 319 g/mol. The van der Waals surface area contributed by atoms with Crippen LogP contribution in [-0.2, 0) is 9.59 Å². The van der Waals surface area contributed by atoms with Crippen LogP contribution in [0.2, 0.25) is 0 Å². The van der Waals surface area contributed by atoms with E-state index in [1.54, 1.807) is 16.2 Å². The van der Waals surface area contributed by atoms with Gasteiger partial charge in [-0.1, -0.05) is 6.42 Å². The second-order valence-corrected chi connectivity index (χ2v) is 7.99. The molecule has 118 valence electrons. The van der Waals surface area contributed by atoms with E-state index in [4.69, 9.17) is 0 Å². The summed E-state index contributed by atoms with van der Waals surface area (Å²) < 4.78 is 0. The summed E-state index contributed by atoms with van der Waals surface area (Å²) >= 11 is 1.72. The Bertz CT molecular complexity index is 625. The van der Waals surface area contributed by atoms with E-state index in [0.29, 0.717) is 18.4 Å². The Morgan fingerprint density at radius 3 is 2.86 bits per heavy atom. The molecule has 0 spiro atoms. The molecule has 2 aliphatic carbocycles. The molecule has 5 unspecified atom stereocenters. The van der Waals surface area contributed by atoms with Gasteiger partial charge >= 0.3 is 5.97 Å². The summed E-state index contributed by atoms with van der Waals surface area (Å²) in [6.07, 6.45) is 4.04. The smallest absolute Gasteiger partial charge is 0.326 e. The number of thiophene rings is 1. The van der Waals surface area contributed by atoms with Gasteiger partial charge in [-0.25, -0.2) is 4.79 Å². The van der Waals surface area contributed by atoms with Crippen molar-refractivity contribution in [1.82, 2.24) is 4.90 Å². The number of amides is 1. The van der Waals surface area contributed by atoms with E-state index in [1.165, 1.54) is 10.4 Å². The van der Waals surface area contributed by atoms with Crippen LogP contribution in [0, 0.1) is 24.7 Å². The van der Waals surface area contributed by atoms with Crippen molar-refractivity contribution in [1.29, 1.82) is 0 Å². The molecule has 2 saturated carbocycles. The molecule has 0 radical (unpaired) electrons. The van der Waals surface area contributed by atoms with Crippen molar-refractivity contribution in [2.24, 2.45) is 17.8 Å². The zero-order valence-corrected chi connectivity index (χ0v) is 13.5. The molecule has 1 amide bonds. The molecule has 0 aromatic carbocycles. The van der Waals surface area contributed by atoms with Gasteiger partial charge in [-0.15, -0.1) is 11.3 Å². The Balaban J connectivity index is 1.51. The summed E-state index contributed by atoms with van der Waals surface area (Å²) in [6, 6.07) is 1.52. The summed E-state index contributed by atoms with van der Waals surface area (Å²) in [5.41, 5.74) is 1.26. The van der Waals surface area contributed by atoms with E-state index in [-0.39, 0.29) is 17.7 Å². The number of aryl methyl sites for hydroxylation is 1. The van der Waals surface area contributed by atoms with Gasteiger partial charge in [0.2, 0.25) is 5.91 Å². The van der Waals surface area contributed by atoms with Crippen molar-refractivity contribution in [3.63, 3.8) is 0 Å². The summed E-state index contributed by atoms with van der Waals surface area (Å²) in [6.45, 7) is 2.75. The fourth-order valence-electron chi connectivity index (χ4n) is 4.58. The van der Waals surface area contributed by atoms with Crippen LogP contribution in [0.3, 0.4) is 0 Å². The largest absolute Gasteiger partial charge is 0.480 e. The lowest BCUT2D eigenvalue weighted by Crippen LogP contribution is -2.44. The van der Waals surface area contributed by atoms with Gasteiger partial charge in [0.05, 0.1) is 0 Å². The molecule has 1 saturated heterocycles. The van der Waals surface area contributed by atoms with E-state index >= 15 is 0 Å². The minimum atomic E-state index is -0.813. The van der Waals surface area contributed by atoms with Crippen LogP contribution in [0.15, 0.2) is 11.4 Å². The lowest BCUT2D eigenvalue weighted by Gasteiger charge is -2.24. The molecule has 4 rings (SSSR count). The fourth-order valence-corrected chi connectivity index (χ4v) is 5.69. The summed E-state index contributed by atoms with van der Waals surface area (Å²) in [5.74, 6) is 0.195. The van der Waals surface area contributed by atoms with Gasteiger partial charge in [-0.3, -0.25) is 4.79 Å². The Morgan fingerprint density at radius 2 is 2.18 bits per heavy atom. The van der Waals surface area contributed by atoms with Gasteiger partial charge in [-0.05, 0) is 55.0 Å². The third kappa shape index (κ3) is 2.09. The Labute approximate surface area is 134 Å². The van der Waals surface area contributed by atoms with Gasteiger partial charge < -0.3 is 10.0 Å². The van der Waals surface area contributed by atoms with Crippen LogP contribution in [0.4, 0.5) is 0 Å². The first-order valence-corrected chi connectivity index (χ1v) is 9.03. The molecule has 1 aromatic rings. The quantitative estimate of drug-likeness (QED) is 0.932. The number of nitrogens with zero attached hydrogens (tertiary/aromatic N) is 1. The number of rotatable bonds is 3. The maximum atomic E-state index is 12.8. The van der Waals surface area contributed by atoms with E-state index in [2.05, 4.69) is 18.4 Å². The molecule has 3 aliphatic rings. The molecule has 1 N–H and O–H groups in total. The molecule has 2 heterocycles. The zero-order valence-electron chi connectivity index (χ0n) is 12.7. The molecule has 1 aromatic heterocycles. The van der Waals surface area contributed by atoms with Crippen molar-refractivity contribution >= 4 is 23.2 Å². The SMILES string of the molecule is Cc1ccsc1C1CC1C(=O)N1CC2CCCC2C1C(=O)O. The minimum absolute atomic E-state index is 0.0121. The average Bonchev–Trinajstić information content (AvgIpc) is 2.82. The molecule has 5 atom stereocenters. The molecule has 22 heavy (non-hydrogen) atoms. The standard InChI is InChI=1S/C17H21NO3S/c1-9-5-6-22-15(9)12-7-13(12)16(19)18-8-10-3-2-4-11(10)14(18)17(20)21/h5-6,10-14H,2-4,7-8H2,1H3,(H,20,21). The number of aliphatic carboxylic acids is 1. The molecular formula is C17H21NO3S. The van der Waals surface area contributed by atoms with Crippen LogP contribution in [-0.4, -0.2) is 34.5 Å².